The lowest BCUT2D eigenvalue weighted by Gasteiger charge is -2.15. The highest BCUT2D eigenvalue weighted by atomic mass is 32.1. The number of amides is 3. The lowest BCUT2D eigenvalue weighted by Crippen LogP contribution is -2.36. The van der Waals surface area contributed by atoms with Crippen LogP contribution in [0.25, 0.3) is 5.69 Å². The maximum Gasteiger partial charge on any atom is 0.312 e. The highest BCUT2D eigenvalue weighted by Gasteiger charge is 2.18. The smallest absolute Gasteiger partial charge is 0.312 e. The summed E-state index contributed by atoms with van der Waals surface area (Å²) in [5.41, 5.74) is 7.05. The number of nitrogens with two attached hydrogens (primary N) is 1. The Morgan fingerprint density at radius 1 is 1.19 bits per heavy atom. The number of hydrogen-bond acceptors (Lipinski definition) is 4. The Bertz CT molecular complexity index is 861. The van der Waals surface area contributed by atoms with Gasteiger partial charge in [-0.3, -0.25) is 4.79 Å². The standard InChI is InChI=1S/C18H19N5O2S/c19-18(25)22-15(16-7-4-8-26-16)9-17(24)20-10-13-11-21-23(12-13)14-5-2-1-3-6-14/h1-8,11-12,15H,9-10H2,(H,20,24)(H3,19,22,25). The molecule has 0 radical (unpaired) electrons. The Morgan fingerprint density at radius 3 is 2.69 bits per heavy atom. The van der Waals surface area contributed by atoms with E-state index in [1.54, 1.807) is 10.9 Å². The minimum Gasteiger partial charge on any atom is -0.352 e. The monoisotopic (exact) mass is 369 g/mol. The predicted octanol–water partition coefficient (Wildman–Crippen LogP) is 2.35. The molecule has 8 heteroatoms. The van der Waals surface area contributed by atoms with Gasteiger partial charge < -0.3 is 16.4 Å². The highest BCUT2D eigenvalue weighted by Crippen LogP contribution is 2.21. The quantitative estimate of drug-likeness (QED) is 0.596. The van der Waals surface area contributed by atoms with E-state index < -0.39 is 12.1 Å². The van der Waals surface area contributed by atoms with Crippen molar-refractivity contribution in [3.05, 3.63) is 70.7 Å². The molecule has 0 spiro atoms. The molecule has 7 nitrogen and oxygen atoms in total. The van der Waals surface area contributed by atoms with Gasteiger partial charge in [-0.05, 0) is 23.6 Å². The molecule has 26 heavy (non-hydrogen) atoms. The van der Waals surface area contributed by atoms with E-state index in [4.69, 9.17) is 5.73 Å². The van der Waals surface area contributed by atoms with Crippen molar-refractivity contribution in [2.24, 2.45) is 5.73 Å². The second-order valence-electron chi connectivity index (χ2n) is 5.69. The molecule has 2 aromatic heterocycles. The first-order chi connectivity index (χ1) is 12.6. The minimum absolute atomic E-state index is 0.121. The molecule has 1 unspecified atom stereocenters. The average molecular weight is 369 g/mol. The molecule has 134 valence electrons. The van der Waals surface area contributed by atoms with Gasteiger partial charge >= 0.3 is 6.03 Å². The Kier molecular flexibility index (Phi) is 5.65. The molecular formula is C18H19N5O2S. The van der Waals surface area contributed by atoms with E-state index in [-0.39, 0.29) is 12.3 Å². The molecule has 2 heterocycles. The zero-order chi connectivity index (χ0) is 18.4. The van der Waals surface area contributed by atoms with Crippen molar-refractivity contribution in [3.63, 3.8) is 0 Å². The molecule has 0 fully saturated rings. The summed E-state index contributed by atoms with van der Waals surface area (Å²) in [6, 6.07) is 12.4. The van der Waals surface area contributed by atoms with Crippen molar-refractivity contribution in [2.45, 2.75) is 19.0 Å². The van der Waals surface area contributed by atoms with Crippen molar-refractivity contribution in [1.82, 2.24) is 20.4 Å². The molecule has 1 atom stereocenters. The summed E-state index contributed by atoms with van der Waals surface area (Å²) in [4.78, 5) is 24.3. The van der Waals surface area contributed by atoms with Crippen LogP contribution < -0.4 is 16.4 Å². The predicted molar refractivity (Wildman–Crippen MR) is 99.8 cm³/mol. The third-order valence-electron chi connectivity index (χ3n) is 3.74. The molecule has 0 saturated heterocycles. The first-order valence-corrected chi connectivity index (χ1v) is 8.95. The van der Waals surface area contributed by atoms with Crippen molar-refractivity contribution in [1.29, 1.82) is 0 Å². The maximum atomic E-state index is 12.3. The van der Waals surface area contributed by atoms with Gasteiger partial charge in [-0.1, -0.05) is 24.3 Å². The number of nitrogens with one attached hydrogen (secondary N) is 2. The summed E-state index contributed by atoms with van der Waals surface area (Å²) in [5.74, 6) is -0.176. The number of para-hydroxylation sites is 1. The fourth-order valence-electron chi connectivity index (χ4n) is 2.52. The van der Waals surface area contributed by atoms with Crippen LogP contribution in [-0.4, -0.2) is 21.7 Å². The zero-order valence-corrected chi connectivity index (χ0v) is 14.8. The van der Waals surface area contributed by atoms with E-state index >= 15 is 0 Å². The number of rotatable bonds is 7. The topological polar surface area (TPSA) is 102 Å². The number of thiophene rings is 1. The Hall–Kier alpha value is -3.13. The zero-order valence-electron chi connectivity index (χ0n) is 14.0. The van der Waals surface area contributed by atoms with Crippen LogP contribution in [0, 0.1) is 0 Å². The van der Waals surface area contributed by atoms with Gasteiger partial charge in [0, 0.05) is 23.2 Å². The summed E-state index contributed by atoms with van der Waals surface area (Å²) in [7, 11) is 0. The second-order valence-corrected chi connectivity index (χ2v) is 6.67. The van der Waals surface area contributed by atoms with E-state index in [2.05, 4.69) is 15.7 Å². The summed E-state index contributed by atoms with van der Waals surface area (Å²) < 4.78 is 1.75. The first kappa shape index (κ1) is 17.7. The van der Waals surface area contributed by atoms with E-state index in [1.807, 2.05) is 54.0 Å². The van der Waals surface area contributed by atoms with E-state index in [0.29, 0.717) is 6.54 Å². The number of carbonyl (C=O) groups excluding carboxylic acids is 2. The Morgan fingerprint density at radius 2 is 2.00 bits per heavy atom. The van der Waals surface area contributed by atoms with Crippen LogP contribution in [0.1, 0.15) is 22.9 Å². The molecule has 1 aromatic carbocycles. The first-order valence-electron chi connectivity index (χ1n) is 8.07. The van der Waals surface area contributed by atoms with Gasteiger partial charge in [-0.15, -0.1) is 11.3 Å². The van der Waals surface area contributed by atoms with Gasteiger partial charge in [0.25, 0.3) is 0 Å². The number of nitrogens with zero attached hydrogens (tertiary/aromatic N) is 2. The molecule has 0 bridgehead atoms. The van der Waals surface area contributed by atoms with Crippen LogP contribution in [-0.2, 0) is 11.3 Å². The normalized spacial score (nSPS) is 11.7. The van der Waals surface area contributed by atoms with Crippen LogP contribution in [0.2, 0.25) is 0 Å². The largest absolute Gasteiger partial charge is 0.352 e. The van der Waals surface area contributed by atoms with Crippen LogP contribution in [0.5, 0.6) is 0 Å². The van der Waals surface area contributed by atoms with Gasteiger partial charge in [-0.2, -0.15) is 5.10 Å². The molecule has 0 aliphatic rings. The van der Waals surface area contributed by atoms with E-state index in [9.17, 15) is 9.59 Å². The Balaban J connectivity index is 1.56. The summed E-state index contributed by atoms with van der Waals surface area (Å²) in [6.07, 6.45) is 3.70. The third-order valence-corrected chi connectivity index (χ3v) is 4.73. The number of carbonyl (C=O) groups is 2. The molecule has 0 aliphatic heterocycles. The second kappa shape index (κ2) is 8.30. The van der Waals surface area contributed by atoms with E-state index in [1.165, 1.54) is 11.3 Å². The number of aromatic nitrogens is 2. The lowest BCUT2D eigenvalue weighted by molar-refractivity contribution is -0.121. The van der Waals surface area contributed by atoms with Crippen molar-refractivity contribution in [2.75, 3.05) is 0 Å². The van der Waals surface area contributed by atoms with Crippen LogP contribution in [0.15, 0.2) is 60.2 Å². The SMILES string of the molecule is NC(=O)NC(CC(=O)NCc1cnn(-c2ccccc2)c1)c1cccs1. The molecule has 3 amide bonds. The van der Waals surface area contributed by atoms with Gasteiger partial charge in [0.2, 0.25) is 5.91 Å². The fourth-order valence-corrected chi connectivity index (χ4v) is 3.29. The summed E-state index contributed by atoms with van der Waals surface area (Å²) in [5, 5.41) is 11.6. The van der Waals surface area contributed by atoms with Crippen molar-refractivity contribution in [3.8, 4) is 5.69 Å². The maximum absolute atomic E-state index is 12.3. The molecular weight excluding hydrogens is 350 g/mol. The van der Waals surface area contributed by atoms with E-state index in [0.717, 1.165) is 16.1 Å². The molecule has 0 aliphatic carbocycles. The molecule has 3 aromatic rings. The number of hydrogen-bond donors (Lipinski definition) is 3. The minimum atomic E-state index is -0.652. The molecule has 4 N–H and O–H groups in total. The van der Waals surface area contributed by atoms with Crippen molar-refractivity contribution < 1.29 is 9.59 Å². The summed E-state index contributed by atoms with van der Waals surface area (Å²) >= 11 is 1.47. The van der Waals surface area contributed by atoms with Crippen LogP contribution in [0.4, 0.5) is 4.79 Å². The number of benzene rings is 1. The van der Waals surface area contributed by atoms with Gasteiger partial charge in [-0.25, -0.2) is 9.48 Å². The van der Waals surface area contributed by atoms with Gasteiger partial charge in [0.15, 0.2) is 0 Å². The number of urea groups is 1. The third kappa shape index (κ3) is 4.70. The fraction of sp³-hybridized carbons (Fsp3) is 0.167. The van der Waals surface area contributed by atoms with Crippen molar-refractivity contribution >= 4 is 23.3 Å². The lowest BCUT2D eigenvalue weighted by atomic mass is 10.1. The average Bonchev–Trinajstić information content (AvgIpc) is 3.32. The molecule has 3 rings (SSSR count). The van der Waals surface area contributed by atoms with Crippen LogP contribution in [0.3, 0.4) is 0 Å². The molecule has 0 saturated carbocycles. The Labute approximate surface area is 154 Å². The highest BCUT2D eigenvalue weighted by molar-refractivity contribution is 7.10. The van der Waals surface area contributed by atoms with Crippen LogP contribution >= 0.6 is 11.3 Å². The van der Waals surface area contributed by atoms with Gasteiger partial charge in [0.05, 0.1) is 24.3 Å². The number of primary amides is 1. The van der Waals surface area contributed by atoms with Gasteiger partial charge in [0.1, 0.15) is 0 Å². The summed E-state index contributed by atoms with van der Waals surface area (Å²) in [6.45, 7) is 0.361.